The molecule has 1 atom stereocenters. The van der Waals surface area contributed by atoms with Crippen molar-refractivity contribution in [2.45, 2.75) is 39.2 Å². The van der Waals surface area contributed by atoms with E-state index in [1.807, 2.05) is 42.4 Å². The Labute approximate surface area is 173 Å². The van der Waals surface area contributed by atoms with Crippen molar-refractivity contribution in [3.05, 3.63) is 42.1 Å². The first-order chi connectivity index (χ1) is 14.2. The topological polar surface area (TPSA) is 68.4 Å². The van der Waals surface area contributed by atoms with Crippen LogP contribution in [0.1, 0.15) is 37.2 Å². The molecular formula is C22H32N6O. The molecule has 1 N–H and O–H groups in total. The highest BCUT2D eigenvalue weighted by molar-refractivity contribution is 5.76. The number of aromatic amines is 1. The van der Waals surface area contributed by atoms with Crippen LogP contribution in [0.15, 0.2) is 30.6 Å². The number of carbonyl (C=O) groups excluding carboxylic acids is 1. The highest BCUT2D eigenvalue weighted by Gasteiger charge is 2.24. The third-order valence-electron chi connectivity index (χ3n) is 6.12. The molecule has 7 nitrogen and oxygen atoms in total. The van der Waals surface area contributed by atoms with Gasteiger partial charge in [0.15, 0.2) is 0 Å². The minimum absolute atomic E-state index is 0.312. The van der Waals surface area contributed by atoms with Gasteiger partial charge in [0, 0.05) is 63.8 Å². The molecule has 156 valence electrons. The summed E-state index contributed by atoms with van der Waals surface area (Å²) in [5, 5.41) is 0. The summed E-state index contributed by atoms with van der Waals surface area (Å²) in [4.78, 5) is 31.6. The second-order valence-electron chi connectivity index (χ2n) is 8.33. The number of rotatable bonds is 6. The van der Waals surface area contributed by atoms with Crippen LogP contribution in [0.5, 0.6) is 0 Å². The number of aromatic nitrogens is 3. The van der Waals surface area contributed by atoms with Gasteiger partial charge in [0.2, 0.25) is 5.91 Å². The second-order valence-corrected chi connectivity index (χ2v) is 8.33. The lowest BCUT2D eigenvalue weighted by Crippen LogP contribution is -2.49. The Balaban J connectivity index is 1.19. The van der Waals surface area contributed by atoms with Crippen LogP contribution in [0.2, 0.25) is 0 Å². The highest BCUT2D eigenvalue weighted by Crippen LogP contribution is 2.23. The molecule has 2 saturated heterocycles. The van der Waals surface area contributed by atoms with E-state index in [4.69, 9.17) is 0 Å². The standard InChI is InChI=1S/C22H32N6O/c1-18-24-15-20(25-18)17-26-10-4-5-19(16-26)7-8-22(29)28-13-11-27(12-14-28)21-6-2-3-9-23-21/h2-3,6,9,15,19H,4-5,7-8,10-14,16-17H2,1H3,(H,24,25)/t19-/m1/s1. The number of hydrogen-bond acceptors (Lipinski definition) is 5. The van der Waals surface area contributed by atoms with Crippen molar-refractivity contribution < 1.29 is 4.79 Å². The molecule has 2 aliphatic heterocycles. The molecular weight excluding hydrogens is 364 g/mol. The van der Waals surface area contributed by atoms with Crippen LogP contribution in [0.3, 0.4) is 0 Å². The number of carbonyl (C=O) groups is 1. The molecule has 7 heteroatoms. The van der Waals surface area contributed by atoms with Gasteiger partial charge in [-0.3, -0.25) is 9.69 Å². The number of piperazine rings is 1. The maximum Gasteiger partial charge on any atom is 0.222 e. The van der Waals surface area contributed by atoms with Crippen molar-refractivity contribution in [3.63, 3.8) is 0 Å². The smallest absolute Gasteiger partial charge is 0.222 e. The molecule has 0 unspecified atom stereocenters. The fraction of sp³-hybridized carbons (Fsp3) is 0.591. The van der Waals surface area contributed by atoms with Crippen molar-refractivity contribution in [2.75, 3.05) is 44.2 Å². The lowest BCUT2D eigenvalue weighted by molar-refractivity contribution is -0.131. The van der Waals surface area contributed by atoms with Gasteiger partial charge in [-0.2, -0.15) is 0 Å². The first-order valence-electron chi connectivity index (χ1n) is 10.8. The van der Waals surface area contributed by atoms with Gasteiger partial charge < -0.3 is 14.8 Å². The predicted molar refractivity (Wildman–Crippen MR) is 114 cm³/mol. The van der Waals surface area contributed by atoms with Crippen LogP contribution >= 0.6 is 0 Å². The Hall–Kier alpha value is -2.41. The van der Waals surface area contributed by atoms with Crippen molar-refractivity contribution in [2.24, 2.45) is 5.92 Å². The number of pyridine rings is 1. The summed E-state index contributed by atoms with van der Waals surface area (Å²) in [5.41, 5.74) is 1.19. The number of hydrogen-bond donors (Lipinski definition) is 1. The SMILES string of the molecule is Cc1ncc(CN2CCC[C@H](CCC(=O)N3CCN(c4ccccn4)CC3)C2)[nH]1. The summed E-state index contributed by atoms with van der Waals surface area (Å²) >= 11 is 0. The number of amides is 1. The third-order valence-corrected chi connectivity index (χ3v) is 6.12. The zero-order valence-corrected chi connectivity index (χ0v) is 17.4. The van der Waals surface area contributed by atoms with E-state index in [9.17, 15) is 4.79 Å². The maximum absolute atomic E-state index is 12.7. The fourth-order valence-corrected chi connectivity index (χ4v) is 4.53. The number of H-pyrrole nitrogens is 1. The van der Waals surface area contributed by atoms with Crippen LogP contribution < -0.4 is 4.90 Å². The summed E-state index contributed by atoms with van der Waals surface area (Å²) in [5.74, 6) is 2.91. The van der Waals surface area contributed by atoms with Gasteiger partial charge in [-0.15, -0.1) is 0 Å². The first kappa shape index (κ1) is 19.9. The van der Waals surface area contributed by atoms with E-state index in [1.54, 1.807) is 0 Å². The predicted octanol–water partition coefficient (Wildman–Crippen LogP) is 2.45. The molecule has 4 rings (SSSR count). The molecule has 1 amide bonds. The fourth-order valence-electron chi connectivity index (χ4n) is 4.53. The molecule has 0 bridgehead atoms. The molecule has 0 saturated carbocycles. The molecule has 2 aliphatic rings. The zero-order valence-electron chi connectivity index (χ0n) is 17.4. The number of likely N-dealkylation sites (tertiary alicyclic amines) is 1. The van der Waals surface area contributed by atoms with Gasteiger partial charge in [-0.05, 0) is 50.8 Å². The van der Waals surface area contributed by atoms with Crippen molar-refractivity contribution in [1.82, 2.24) is 24.8 Å². The van der Waals surface area contributed by atoms with Gasteiger partial charge in [0.1, 0.15) is 11.6 Å². The molecule has 4 heterocycles. The zero-order chi connectivity index (χ0) is 20.1. The van der Waals surface area contributed by atoms with Crippen LogP contribution in [0.25, 0.3) is 0 Å². The molecule has 0 radical (unpaired) electrons. The average Bonchev–Trinajstić information content (AvgIpc) is 3.17. The van der Waals surface area contributed by atoms with Gasteiger partial charge in [-0.25, -0.2) is 9.97 Å². The van der Waals surface area contributed by atoms with Crippen LogP contribution in [0.4, 0.5) is 5.82 Å². The Kier molecular flexibility index (Phi) is 6.44. The molecule has 2 aromatic rings. The summed E-state index contributed by atoms with van der Waals surface area (Å²) in [6.45, 7) is 8.46. The first-order valence-corrected chi connectivity index (χ1v) is 10.8. The number of nitrogens with zero attached hydrogens (tertiary/aromatic N) is 5. The van der Waals surface area contributed by atoms with Crippen molar-refractivity contribution in [1.29, 1.82) is 0 Å². The lowest BCUT2D eigenvalue weighted by atomic mass is 9.93. The number of piperidine rings is 1. The van der Waals surface area contributed by atoms with Crippen LogP contribution in [-0.2, 0) is 11.3 Å². The lowest BCUT2D eigenvalue weighted by Gasteiger charge is -2.36. The summed E-state index contributed by atoms with van der Waals surface area (Å²) < 4.78 is 0. The molecule has 0 spiro atoms. The van der Waals surface area contributed by atoms with Crippen molar-refractivity contribution in [3.8, 4) is 0 Å². The van der Waals surface area contributed by atoms with E-state index >= 15 is 0 Å². The summed E-state index contributed by atoms with van der Waals surface area (Å²) in [6, 6.07) is 5.99. The molecule has 0 aliphatic carbocycles. The van der Waals surface area contributed by atoms with Gasteiger partial charge in [0.25, 0.3) is 0 Å². The van der Waals surface area contributed by atoms with E-state index in [-0.39, 0.29) is 0 Å². The van der Waals surface area contributed by atoms with Crippen molar-refractivity contribution >= 4 is 11.7 Å². The Morgan fingerprint density at radius 3 is 2.76 bits per heavy atom. The van der Waals surface area contributed by atoms with E-state index in [0.717, 1.165) is 63.9 Å². The molecule has 29 heavy (non-hydrogen) atoms. The maximum atomic E-state index is 12.7. The van der Waals surface area contributed by atoms with E-state index in [0.29, 0.717) is 18.2 Å². The quantitative estimate of drug-likeness (QED) is 0.812. The molecule has 0 aromatic carbocycles. The molecule has 2 fully saturated rings. The van der Waals surface area contributed by atoms with Gasteiger partial charge >= 0.3 is 0 Å². The minimum atomic E-state index is 0.312. The Bertz CT molecular complexity index is 784. The normalized spacial score (nSPS) is 20.8. The second kappa shape index (κ2) is 9.39. The average molecular weight is 397 g/mol. The Morgan fingerprint density at radius 2 is 2.03 bits per heavy atom. The minimum Gasteiger partial charge on any atom is -0.353 e. The Morgan fingerprint density at radius 1 is 1.17 bits per heavy atom. The van der Waals surface area contributed by atoms with E-state index in [2.05, 4.69) is 24.8 Å². The highest BCUT2D eigenvalue weighted by atomic mass is 16.2. The van der Waals surface area contributed by atoms with Gasteiger partial charge in [0.05, 0.1) is 0 Å². The van der Waals surface area contributed by atoms with Gasteiger partial charge in [-0.1, -0.05) is 6.07 Å². The number of nitrogens with one attached hydrogen (secondary N) is 1. The third kappa shape index (κ3) is 5.35. The largest absolute Gasteiger partial charge is 0.353 e. The van der Waals surface area contributed by atoms with E-state index < -0.39 is 0 Å². The summed E-state index contributed by atoms with van der Waals surface area (Å²) in [7, 11) is 0. The number of anilines is 1. The van der Waals surface area contributed by atoms with Crippen LogP contribution in [-0.4, -0.2) is 69.9 Å². The number of aryl methyl sites for hydroxylation is 1. The van der Waals surface area contributed by atoms with Crippen LogP contribution in [0, 0.1) is 12.8 Å². The van der Waals surface area contributed by atoms with E-state index in [1.165, 1.54) is 18.5 Å². The summed E-state index contributed by atoms with van der Waals surface area (Å²) in [6.07, 6.45) is 7.89. The monoisotopic (exact) mass is 396 g/mol. The molecule has 2 aromatic heterocycles. The number of imidazole rings is 1.